The van der Waals surface area contributed by atoms with Crippen molar-refractivity contribution >= 4 is 0 Å². The molecule has 0 amide bonds. The van der Waals surface area contributed by atoms with Gasteiger partial charge in [0.1, 0.15) is 0 Å². The van der Waals surface area contributed by atoms with Gasteiger partial charge in [0, 0.05) is 60.7 Å². The minimum atomic E-state index is 0.812. The van der Waals surface area contributed by atoms with Crippen LogP contribution < -0.4 is 0 Å². The van der Waals surface area contributed by atoms with Gasteiger partial charge in [-0.1, -0.05) is 31.9 Å². The molecule has 0 aromatic carbocycles. The topological polar surface area (TPSA) is 16.2 Å². The van der Waals surface area contributed by atoms with Crippen LogP contribution >= 0.6 is 0 Å². The summed E-state index contributed by atoms with van der Waals surface area (Å²) < 4.78 is 0. The molecule has 5 heteroatoms. The second-order valence-corrected chi connectivity index (χ2v) is 7.40. The number of hydrogen-bond donors (Lipinski definition) is 0. The van der Waals surface area contributed by atoms with Gasteiger partial charge in [-0.25, -0.2) is 0 Å². The summed E-state index contributed by atoms with van der Waals surface area (Å²) in [7, 11) is 13.9. The first-order chi connectivity index (χ1) is 12.1. The van der Waals surface area contributed by atoms with Crippen LogP contribution in [0.3, 0.4) is 0 Å². The molecule has 0 saturated heterocycles. The zero-order chi connectivity index (χ0) is 22.5. The van der Waals surface area contributed by atoms with E-state index in [9.17, 15) is 0 Å². The molecule has 0 radical (unpaired) electrons. The number of allylic oxidation sites excluding steroid dienone is 3. The van der Waals surface area contributed by atoms with E-state index >= 15 is 0 Å². The highest BCUT2D eigenvalue weighted by atomic mass is 15.4. The van der Waals surface area contributed by atoms with E-state index in [1.54, 1.807) is 0 Å². The van der Waals surface area contributed by atoms with E-state index in [-0.39, 0.29) is 0 Å². The first kappa shape index (κ1) is 29.5. The molecule has 0 aliphatic carbocycles. The van der Waals surface area contributed by atoms with E-state index in [0.717, 1.165) is 29.7 Å². The van der Waals surface area contributed by atoms with Gasteiger partial charge in [-0.2, -0.15) is 0 Å². The lowest BCUT2D eigenvalue weighted by Crippen LogP contribution is -2.35. The van der Waals surface area contributed by atoms with E-state index in [1.165, 1.54) is 5.57 Å². The lowest BCUT2D eigenvalue weighted by Gasteiger charge is -2.31. The molecule has 0 saturated carbocycles. The lowest BCUT2D eigenvalue weighted by molar-refractivity contribution is 0.213. The highest BCUT2D eigenvalue weighted by Crippen LogP contribution is 2.06. The minimum Gasteiger partial charge on any atom is -0.365 e. The maximum absolute atomic E-state index is 3.96. The van der Waals surface area contributed by atoms with Crippen LogP contribution in [-0.4, -0.2) is 80.5 Å². The Morgan fingerprint density at radius 3 is 1.07 bits per heavy atom. The van der Waals surface area contributed by atoms with Crippen LogP contribution in [0.5, 0.6) is 0 Å². The monoisotopic (exact) mass is 379 g/mol. The van der Waals surface area contributed by atoms with E-state index in [4.69, 9.17) is 0 Å². The summed E-state index contributed by atoms with van der Waals surface area (Å²) in [4.78, 5) is 10.0. The van der Waals surface area contributed by atoms with Crippen molar-refractivity contribution < 1.29 is 0 Å². The molecule has 0 atom stereocenters. The Balaban J connectivity index is -0.000000364. The molecule has 0 heterocycles. The normalized spacial score (nSPS) is 8.70. The molecule has 0 rings (SSSR count). The lowest BCUT2D eigenvalue weighted by atomic mass is 10.4. The molecule has 0 spiro atoms. The summed E-state index contributed by atoms with van der Waals surface area (Å²) in [6.45, 7) is 27.8. The van der Waals surface area contributed by atoms with Gasteiger partial charge >= 0.3 is 0 Å². The Labute approximate surface area is 170 Å². The summed E-state index contributed by atoms with van der Waals surface area (Å²) in [5.41, 5.74) is 3.22. The van der Waals surface area contributed by atoms with E-state index in [2.05, 4.69) is 42.7 Å². The van der Waals surface area contributed by atoms with Crippen molar-refractivity contribution in [3.8, 4) is 0 Å². The fourth-order valence-corrected chi connectivity index (χ4v) is 1.38. The third-order valence-electron chi connectivity index (χ3n) is 3.51. The Morgan fingerprint density at radius 1 is 0.556 bits per heavy atom. The quantitative estimate of drug-likeness (QED) is 0.456. The van der Waals surface area contributed by atoms with E-state index in [0.29, 0.717) is 0 Å². The highest BCUT2D eigenvalue weighted by molar-refractivity contribution is 5.01. The molecule has 5 nitrogen and oxygen atoms in total. The summed E-state index contributed by atoms with van der Waals surface area (Å²) >= 11 is 0. The van der Waals surface area contributed by atoms with Crippen molar-refractivity contribution in [3.63, 3.8) is 0 Å². The number of rotatable bonds is 8. The molecular weight excluding hydrogens is 334 g/mol. The second-order valence-electron chi connectivity index (χ2n) is 7.40. The molecule has 0 unspecified atom stereocenters. The van der Waals surface area contributed by atoms with Gasteiger partial charge in [0.05, 0.1) is 18.3 Å². The van der Waals surface area contributed by atoms with Crippen LogP contribution in [0.1, 0.15) is 27.7 Å². The Morgan fingerprint density at radius 2 is 0.889 bits per heavy atom. The van der Waals surface area contributed by atoms with Crippen molar-refractivity contribution in [3.05, 3.63) is 61.5 Å². The summed E-state index contributed by atoms with van der Waals surface area (Å²) in [5.74, 6) is 1.95. The van der Waals surface area contributed by atoms with Crippen molar-refractivity contribution in [1.82, 2.24) is 24.5 Å². The number of nitrogens with zero attached hydrogens (tertiary/aromatic N) is 5. The van der Waals surface area contributed by atoms with Crippen LogP contribution in [0.15, 0.2) is 61.5 Å². The molecule has 27 heavy (non-hydrogen) atoms. The molecule has 0 aliphatic rings. The maximum atomic E-state index is 3.96. The van der Waals surface area contributed by atoms with Crippen LogP contribution in [0.2, 0.25) is 0 Å². The molecular formula is C22H45N5. The average Bonchev–Trinajstić information content (AvgIpc) is 2.51. The number of hydrogen-bond acceptors (Lipinski definition) is 5. The van der Waals surface area contributed by atoms with Gasteiger partial charge in [-0.3, -0.25) is 0 Å². The van der Waals surface area contributed by atoms with Crippen LogP contribution in [-0.2, 0) is 0 Å². The predicted octanol–water partition coefficient (Wildman–Crippen LogP) is 4.44. The fourth-order valence-electron chi connectivity index (χ4n) is 1.38. The summed E-state index contributed by atoms with van der Waals surface area (Å²) in [5, 5.41) is 0. The molecule has 0 N–H and O–H groups in total. The fraction of sp³-hybridized carbons (Fsp3) is 0.545. The van der Waals surface area contributed by atoms with Gasteiger partial charge in [0.15, 0.2) is 0 Å². The smallest absolute Gasteiger partial charge is 0.0999 e. The maximum Gasteiger partial charge on any atom is 0.0999 e. The van der Waals surface area contributed by atoms with Gasteiger partial charge in [0.2, 0.25) is 0 Å². The average molecular weight is 380 g/mol. The van der Waals surface area contributed by atoms with Crippen molar-refractivity contribution in [2.75, 3.05) is 56.0 Å². The van der Waals surface area contributed by atoms with Crippen LogP contribution in [0.25, 0.3) is 0 Å². The zero-order valence-electron chi connectivity index (χ0n) is 20.0. The summed E-state index contributed by atoms with van der Waals surface area (Å²) in [6, 6.07) is 0. The SMILES string of the molecule is C=C(C)C.C=C(C)N(C)C(=C)N(C)C.C=C(C)N(C)CN(C)C(=C)N(C)C. The molecule has 0 fully saturated rings. The third-order valence-corrected chi connectivity index (χ3v) is 3.51. The Hall–Kier alpha value is -2.30. The van der Waals surface area contributed by atoms with Gasteiger partial charge in [0.25, 0.3) is 0 Å². The Bertz CT molecular complexity index is 499. The molecule has 0 bridgehead atoms. The highest BCUT2D eigenvalue weighted by Gasteiger charge is 2.06. The first-order valence-corrected chi connectivity index (χ1v) is 8.87. The summed E-state index contributed by atoms with van der Waals surface area (Å²) in [6.07, 6.45) is 0. The molecule has 158 valence electrons. The largest absolute Gasteiger partial charge is 0.365 e. The van der Waals surface area contributed by atoms with Gasteiger partial charge in [-0.05, 0) is 27.7 Å². The predicted molar refractivity (Wildman–Crippen MR) is 124 cm³/mol. The van der Waals surface area contributed by atoms with Crippen LogP contribution in [0, 0.1) is 0 Å². The first-order valence-electron chi connectivity index (χ1n) is 8.87. The van der Waals surface area contributed by atoms with Crippen molar-refractivity contribution in [2.45, 2.75) is 27.7 Å². The second kappa shape index (κ2) is 14.8. The molecule has 0 aromatic heterocycles. The van der Waals surface area contributed by atoms with Gasteiger partial charge < -0.3 is 24.5 Å². The third kappa shape index (κ3) is 16.9. The van der Waals surface area contributed by atoms with E-state index in [1.807, 2.05) is 91.7 Å². The van der Waals surface area contributed by atoms with Gasteiger partial charge in [-0.15, -0.1) is 6.58 Å². The van der Waals surface area contributed by atoms with Crippen molar-refractivity contribution in [1.29, 1.82) is 0 Å². The van der Waals surface area contributed by atoms with E-state index < -0.39 is 0 Å². The molecule has 0 aromatic rings. The zero-order valence-corrected chi connectivity index (χ0v) is 20.0. The molecule has 0 aliphatic heterocycles. The Kier molecular flexibility index (Phi) is 16.2. The van der Waals surface area contributed by atoms with Crippen molar-refractivity contribution in [2.24, 2.45) is 0 Å². The minimum absolute atomic E-state index is 0.812. The van der Waals surface area contributed by atoms with Crippen LogP contribution in [0.4, 0.5) is 0 Å². The standard InChI is InChI=1S/C10H21N3.C8H16N2.C4H8/c1-9(2)12(6)8-13(7)10(3)11(4)5;1-7(2)10(6)8(3)9(4)5;1-4(2)3/h1,3,8H2,2,4-7H3;1,3H2,2,4-6H3;1H2,2-3H3.